The molecule has 0 radical (unpaired) electrons. The van der Waals surface area contributed by atoms with Crippen LogP contribution in [0.25, 0.3) is 0 Å². The highest BCUT2D eigenvalue weighted by molar-refractivity contribution is 6.31. The lowest BCUT2D eigenvalue weighted by Gasteiger charge is -2.48. The first-order valence-electron chi connectivity index (χ1n) is 15.1. The molecule has 2 aromatic rings. The largest absolute Gasteiger partial charge is 0.507 e. The molecular formula is C34H33NO9. The Morgan fingerprint density at radius 1 is 0.932 bits per heavy atom. The molecule has 44 heavy (non-hydrogen) atoms. The molecule has 2 saturated carbocycles. The molecule has 0 saturated heterocycles. The van der Waals surface area contributed by atoms with Crippen molar-refractivity contribution >= 4 is 40.6 Å². The highest BCUT2D eigenvalue weighted by atomic mass is 16.3. The van der Waals surface area contributed by atoms with Crippen molar-refractivity contribution in [3.63, 3.8) is 0 Å². The summed E-state index contributed by atoms with van der Waals surface area (Å²) in [4.78, 5) is 92.1. The van der Waals surface area contributed by atoms with Crippen molar-refractivity contribution in [2.75, 3.05) is 0 Å². The molecule has 0 aliphatic heterocycles. The zero-order valence-corrected chi connectivity index (χ0v) is 24.3. The number of carbonyl (C=O) groups is 7. The van der Waals surface area contributed by atoms with Gasteiger partial charge in [-0.15, -0.1) is 0 Å². The average Bonchev–Trinajstić information content (AvgIpc) is 3.21. The molecule has 0 aromatic heterocycles. The lowest BCUT2D eigenvalue weighted by molar-refractivity contribution is -0.175. The number of aromatic hydroxyl groups is 1. The number of phenolic OH excluding ortho intramolecular Hbond substituents is 1. The first-order valence-corrected chi connectivity index (χ1v) is 15.1. The fraction of sp³-hybridized carbons (Fsp3) is 0.441. The van der Waals surface area contributed by atoms with Crippen LogP contribution in [0.5, 0.6) is 5.75 Å². The normalized spacial score (nSPS) is 28.0. The SMILES string of the molecule is CCCCCc1cc(CC2C(=O)c3ccccc3C2=O)c(O)c2c1C[C@H]1C[C@H]3CC(=O)C(C(N)=O)C(=O)[C@@]3(O)C(=O)C1C2=O. The van der Waals surface area contributed by atoms with E-state index in [9.17, 15) is 43.8 Å². The van der Waals surface area contributed by atoms with E-state index in [1.165, 1.54) is 0 Å². The Bertz CT molecular complexity index is 1650. The van der Waals surface area contributed by atoms with Gasteiger partial charge in [0.15, 0.2) is 46.2 Å². The smallest absolute Gasteiger partial charge is 0.235 e. The van der Waals surface area contributed by atoms with Crippen LogP contribution in [0.4, 0.5) is 0 Å². The molecule has 0 bridgehead atoms. The van der Waals surface area contributed by atoms with E-state index in [0.717, 1.165) is 24.8 Å². The third kappa shape index (κ3) is 4.22. The number of benzene rings is 2. The number of aliphatic hydroxyl groups is 1. The Labute approximate surface area is 253 Å². The predicted octanol–water partition coefficient (Wildman–Crippen LogP) is 2.30. The van der Waals surface area contributed by atoms with Gasteiger partial charge < -0.3 is 15.9 Å². The third-order valence-corrected chi connectivity index (χ3v) is 10.1. The highest BCUT2D eigenvalue weighted by Gasteiger charge is 2.66. The molecule has 10 heteroatoms. The number of aryl methyl sites for hydroxylation is 1. The Balaban J connectivity index is 1.41. The minimum Gasteiger partial charge on any atom is -0.507 e. The van der Waals surface area contributed by atoms with Gasteiger partial charge in [-0.25, -0.2) is 0 Å². The second-order valence-electron chi connectivity index (χ2n) is 12.6. The van der Waals surface area contributed by atoms with Crippen LogP contribution in [0.2, 0.25) is 0 Å². The number of unbranched alkanes of at least 4 members (excludes halogenated alkanes) is 2. The van der Waals surface area contributed by atoms with Crippen LogP contribution in [0, 0.1) is 29.6 Å². The Hall–Kier alpha value is -4.31. The van der Waals surface area contributed by atoms with E-state index in [-0.39, 0.29) is 42.0 Å². The Morgan fingerprint density at radius 3 is 2.20 bits per heavy atom. The van der Waals surface area contributed by atoms with Crippen molar-refractivity contribution < 1.29 is 43.8 Å². The number of hydrogen-bond acceptors (Lipinski definition) is 9. The van der Waals surface area contributed by atoms with Gasteiger partial charge in [0.1, 0.15) is 5.75 Å². The summed E-state index contributed by atoms with van der Waals surface area (Å²) < 4.78 is 0. The van der Waals surface area contributed by atoms with Crippen molar-refractivity contribution in [3.05, 3.63) is 63.7 Å². The maximum absolute atomic E-state index is 14.2. The van der Waals surface area contributed by atoms with E-state index < -0.39 is 76.4 Å². The van der Waals surface area contributed by atoms with Gasteiger partial charge >= 0.3 is 0 Å². The molecule has 5 atom stereocenters. The molecule has 10 nitrogen and oxygen atoms in total. The van der Waals surface area contributed by atoms with Crippen LogP contribution in [0.15, 0.2) is 30.3 Å². The molecule has 6 rings (SSSR count). The van der Waals surface area contributed by atoms with E-state index in [0.29, 0.717) is 23.1 Å². The van der Waals surface area contributed by atoms with Gasteiger partial charge in [-0.2, -0.15) is 0 Å². The first-order chi connectivity index (χ1) is 20.9. The summed E-state index contributed by atoms with van der Waals surface area (Å²) in [5, 5.41) is 23.0. The minimum absolute atomic E-state index is 0.0152. The van der Waals surface area contributed by atoms with Crippen LogP contribution in [0.3, 0.4) is 0 Å². The van der Waals surface area contributed by atoms with Crippen LogP contribution >= 0.6 is 0 Å². The van der Waals surface area contributed by atoms with Crippen LogP contribution < -0.4 is 5.73 Å². The fourth-order valence-electron chi connectivity index (χ4n) is 7.93. The number of nitrogens with two attached hydrogens (primary N) is 1. The molecule has 4 aliphatic rings. The predicted molar refractivity (Wildman–Crippen MR) is 154 cm³/mol. The lowest BCUT2D eigenvalue weighted by Crippen LogP contribution is -2.68. The molecule has 228 valence electrons. The van der Waals surface area contributed by atoms with Gasteiger partial charge in [0.2, 0.25) is 5.91 Å². The number of carbonyl (C=O) groups excluding carboxylic acids is 7. The zero-order chi connectivity index (χ0) is 31.7. The quantitative estimate of drug-likeness (QED) is 0.317. The fourth-order valence-corrected chi connectivity index (χ4v) is 7.93. The topological polar surface area (TPSA) is 186 Å². The number of ketones is 6. The molecule has 2 unspecified atom stereocenters. The summed E-state index contributed by atoms with van der Waals surface area (Å²) in [5.41, 5.74) is 4.60. The molecule has 4 N–H and O–H groups in total. The number of primary amides is 1. The summed E-state index contributed by atoms with van der Waals surface area (Å²) in [6.07, 6.45) is 2.83. The molecule has 2 fully saturated rings. The summed E-state index contributed by atoms with van der Waals surface area (Å²) in [6.45, 7) is 2.05. The number of rotatable bonds is 7. The number of amides is 1. The molecule has 1 amide bonds. The van der Waals surface area contributed by atoms with Gasteiger partial charge in [-0.05, 0) is 54.7 Å². The summed E-state index contributed by atoms with van der Waals surface area (Å²) in [6, 6.07) is 8.24. The average molecular weight is 600 g/mol. The number of hydrogen-bond donors (Lipinski definition) is 3. The van der Waals surface area contributed by atoms with Gasteiger partial charge in [0.05, 0.1) is 17.4 Å². The van der Waals surface area contributed by atoms with Crippen molar-refractivity contribution in [2.24, 2.45) is 35.3 Å². The maximum Gasteiger partial charge on any atom is 0.235 e. The van der Waals surface area contributed by atoms with E-state index in [1.807, 2.05) is 6.92 Å². The van der Waals surface area contributed by atoms with E-state index in [2.05, 4.69) is 0 Å². The van der Waals surface area contributed by atoms with Gasteiger partial charge in [0, 0.05) is 23.5 Å². The summed E-state index contributed by atoms with van der Waals surface area (Å²) >= 11 is 0. The van der Waals surface area contributed by atoms with E-state index in [1.54, 1.807) is 30.3 Å². The number of phenols is 1. The third-order valence-electron chi connectivity index (χ3n) is 10.1. The Kier molecular flexibility index (Phi) is 7.23. The van der Waals surface area contributed by atoms with Crippen molar-refractivity contribution in [2.45, 2.75) is 63.9 Å². The van der Waals surface area contributed by atoms with Crippen molar-refractivity contribution in [1.29, 1.82) is 0 Å². The lowest BCUT2D eigenvalue weighted by atomic mass is 9.53. The second-order valence-corrected chi connectivity index (χ2v) is 12.6. The standard InChI is InChI=1S/C34H33NO9/c1-2-3-4-7-15-10-17(13-22-28(38)19-8-5-6-9-20(19)29(22)39)27(37)25-21(15)12-16-11-18-14-23(36)26(33(35)43)32(42)34(18,44)31(41)24(16)30(25)40/h5-6,8-10,16,18,22,24,26,37,44H,2-4,7,11-14H2,1H3,(H2,35,43)/t16-,18+,24?,26?,34+/m1/s1. The molecule has 0 heterocycles. The van der Waals surface area contributed by atoms with Gasteiger partial charge in [-0.3, -0.25) is 33.6 Å². The minimum atomic E-state index is -2.73. The van der Waals surface area contributed by atoms with Crippen molar-refractivity contribution in [1.82, 2.24) is 0 Å². The second kappa shape index (κ2) is 10.7. The Morgan fingerprint density at radius 2 is 1.59 bits per heavy atom. The van der Waals surface area contributed by atoms with E-state index in [4.69, 9.17) is 5.73 Å². The van der Waals surface area contributed by atoms with Crippen LogP contribution in [-0.4, -0.2) is 56.4 Å². The van der Waals surface area contributed by atoms with Crippen LogP contribution in [0.1, 0.15) is 86.8 Å². The molecule has 2 aromatic carbocycles. The number of Topliss-reactive ketones (excluding diaryl/α,β-unsaturated/α-hetero) is 6. The first kappa shape index (κ1) is 29.7. The van der Waals surface area contributed by atoms with Crippen LogP contribution in [-0.2, 0) is 38.4 Å². The van der Waals surface area contributed by atoms with Gasteiger partial charge in [0.25, 0.3) is 0 Å². The van der Waals surface area contributed by atoms with Gasteiger partial charge in [-0.1, -0.05) is 50.1 Å². The summed E-state index contributed by atoms with van der Waals surface area (Å²) in [5.74, 6) is -12.6. The van der Waals surface area contributed by atoms with E-state index >= 15 is 0 Å². The summed E-state index contributed by atoms with van der Waals surface area (Å²) in [7, 11) is 0. The molecule has 0 spiro atoms. The molecular weight excluding hydrogens is 566 g/mol. The number of fused-ring (bicyclic) bond motifs is 4. The monoisotopic (exact) mass is 599 g/mol. The zero-order valence-electron chi connectivity index (χ0n) is 24.3. The maximum atomic E-state index is 14.2. The molecule has 4 aliphatic carbocycles. The van der Waals surface area contributed by atoms with Crippen molar-refractivity contribution in [3.8, 4) is 5.75 Å². The highest BCUT2D eigenvalue weighted by Crippen LogP contribution is 2.51.